The molecule has 2 fully saturated rings. The quantitative estimate of drug-likeness (QED) is 0.331. The molecule has 1 aliphatic carbocycles. The number of benzene rings is 2. The number of carbonyl (C=O) groups excluding carboxylic acids is 2. The summed E-state index contributed by atoms with van der Waals surface area (Å²) in [4.78, 5) is 38.6. The van der Waals surface area contributed by atoms with Gasteiger partial charge < -0.3 is 19.9 Å². The number of likely N-dealkylation sites (tertiary alicyclic amines) is 1. The molecule has 0 radical (unpaired) electrons. The molecule has 3 aliphatic rings. The molecule has 1 spiro atoms. The largest absolute Gasteiger partial charge is 0.444 e. The highest BCUT2D eigenvalue weighted by Gasteiger charge is 2.49. The Bertz CT molecular complexity index is 1680. The standard InChI is InChI=1S/C37H42FN5O3/c1-24(40-34(44)31-14-17-39-33(41-31)28-15-18-43(19-16-28)35(45)46-36(2,3)4)25-6-8-26(9-7-25)32(27-10-12-30(38)13-11-27)29-20-37(21-29)22-42(5)23-37/h6-15,17,24H,16,18-23H2,1-5H3,(H,40,44)/t24-/m1/s1. The van der Waals surface area contributed by atoms with Gasteiger partial charge in [-0.05, 0) is 100 Å². The molecule has 3 heterocycles. The van der Waals surface area contributed by atoms with Crippen LogP contribution in [0.5, 0.6) is 0 Å². The van der Waals surface area contributed by atoms with Crippen LogP contribution in [0.3, 0.4) is 0 Å². The minimum absolute atomic E-state index is 0.241. The molecule has 2 aromatic carbocycles. The van der Waals surface area contributed by atoms with E-state index in [1.807, 2.05) is 58.0 Å². The van der Waals surface area contributed by atoms with Crippen molar-refractivity contribution in [1.29, 1.82) is 0 Å². The van der Waals surface area contributed by atoms with Crippen LogP contribution in [0, 0.1) is 11.2 Å². The number of allylic oxidation sites excluding steroid dienone is 1. The first-order chi connectivity index (χ1) is 21.9. The highest BCUT2D eigenvalue weighted by Crippen LogP contribution is 2.54. The van der Waals surface area contributed by atoms with Gasteiger partial charge in [-0.3, -0.25) is 4.79 Å². The van der Waals surface area contributed by atoms with Crippen LogP contribution in [0.4, 0.5) is 9.18 Å². The van der Waals surface area contributed by atoms with E-state index in [1.54, 1.807) is 17.2 Å². The number of amides is 2. The summed E-state index contributed by atoms with van der Waals surface area (Å²) in [5.41, 5.74) is 6.71. The molecule has 6 rings (SSSR count). The summed E-state index contributed by atoms with van der Waals surface area (Å²) < 4.78 is 19.2. The highest BCUT2D eigenvalue weighted by atomic mass is 19.1. The van der Waals surface area contributed by atoms with E-state index < -0.39 is 5.60 Å². The van der Waals surface area contributed by atoms with E-state index in [9.17, 15) is 14.0 Å². The Kier molecular flexibility index (Phi) is 8.55. The van der Waals surface area contributed by atoms with Crippen LogP contribution in [0.15, 0.2) is 72.4 Å². The van der Waals surface area contributed by atoms with E-state index >= 15 is 0 Å². The normalized spacial score (nSPS) is 18.3. The summed E-state index contributed by atoms with van der Waals surface area (Å²) in [6.07, 6.45) is 5.87. The molecule has 3 aromatic rings. The maximum atomic E-state index is 13.8. The predicted molar refractivity (Wildman–Crippen MR) is 176 cm³/mol. The second kappa shape index (κ2) is 12.4. The van der Waals surface area contributed by atoms with E-state index in [0.29, 0.717) is 30.7 Å². The Morgan fingerprint density at radius 1 is 1.00 bits per heavy atom. The number of aromatic nitrogens is 2. The van der Waals surface area contributed by atoms with Crippen molar-refractivity contribution in [3.8, 4) is 0 Å². The van der Waals surface area contributed by atoms with E-state index in [-0.39, 0.29) is 29.6 Å². The Labute approximate surface area is 270 Å². The maximum Gasteiger partial charge on any atom is 0.410 e. The second-order valence-electron chi connectivity index (χ2n) is 14.0. The number of nitrogens with zero attached hydrogens (tertiary/aromatic N) is 4. The lowest BCUT2D eigenvalue weighted by Crippen LogP contribution is -2.58. The van der Waals surface area contributed by atoms with E-state index in [1.165, 1.54) is 23.3 Å². The van der Waals surface area contributed by atoms with Gasteiger partial charge in [0.05, 0.1) is 6.04 Å². The number of halogens is 1. The van der Waals surface area contributed by atoms with Gasteiger partial charge in [0.15, 0.2) is 5.82 Å². The lowest BCUT2D eigenvalue weighted by molar-refractivity contribution is -0.0106. The van der Waals surface area contributed by atoms with Gasteiger partial charge in [0.1, 0.15) is 17.1 Å². The number of rotatable bonds is 6. The maximum absolute atomic E-state index is 13.8. The van der Waals surface area contributed by atoms with Crippen LogP contribution in [-0.2, 0) is 4.74 Å². The predicted octanol–water partition coefficient (Wildman–Crippen LogP) is 6.66. The Balaban J connectivity index is 1.12. The molecule has 1 atom stereocenters. The molecule has 9 heteroatoms. The van der Waals surface area contributed by atoms with Crippen molar-refractivity contribution in [2.24, 2.45) is 5.41 Å². The Morgan fingerprint density at radius 3 is 2.24 bits per heavy atom. The molecule has 2 aliphatic heterocycles. The smallest absolute Gasteiger partial charge is 0.410 e. The summed E-state index contributed by atoms with van der Waals surface area (Å²) in [5, 5.41) is 3.07. The van der Waals surface area contributed by atoms with E-state index in [2.05, 4.69) is 39.4 Å². The van der Waals surface area contributed by atoms with E-state index in [0.717, 1.165) is 48.2 Å². The molecule has 0 bridgehead atoms. The van der Waals surface area contributed by atoms with Gasteiger partial charge in [0, 0.05) is 37.8 Å². The third-order valence-corrected chi connectivity index (χ3v) is 8.96. The lowest BCUT2D eigenvalue weighted by Gasteiger charge is -2.56. The molecule has 2 amide bonds. The Morgan fingerprint density at radius 2 is 1.65 bits per heavy atom. The van der Waals surface area contributed by atoms with Gasteiger partial charge in [-0.15, -0.1) is 0 Å². The number of carbonyl (C=O) groups is 2. The Hall–Kier alpha value is -4.37. The van der Waals surface area contributed by atoms with Crippen LogP contribution in [0.2, 0.25) is 0 Å². The van der Waals surface area contributed by atoms with Crippen LogP contribution in [0.1, 0.15) is 86.0 Å². The van der Waals surface area contributed by atoms with Crippen LogP contribution < -0.4 is 5.32 Å². The molecule has 1 N–H and O–H groups in total. The minimum Gasteiger partial charge on any atom is -0.444 e. The van der Waals surface area contributed by atoms with Gasteiger partial charge in [0.25, 0.3) is 5.91 Å². The van der Waals surface area contributed by atoms with E-state index in [4.69, 9.17) is 4.74 Å². The summed E-state index contributed by atoms with van der Waals surface area (Å²) in [7, 11) is 2.16. The van der Waals surface area contributed by atoms with Crippen LogP contribution >= 0.6 is 0 Å². The van der Waals surface area contributed by atoms with Gasteiger partial charge in [-0.25, -0.2) is 19.2 Å². The summed E-state index contributed by atoms with van der Waals surface area (Å²) in [6.45, 7) is 10.6. The fourth-order valence-corrected chi connectivity index (χ4v) is 6.84. The fraction of sp³-hybridized carbons (Fsp3) is 0.405. The summed E-state index contributed by atoms with van der Waals surface area (Å²) in [6, 6.07) is 16.4. The van der Waals surface area contributed by atoms with Gasteiger partial charge >= 0.3 is 6.09 Å². The first-order valence-corrected chi connectivity index (χ1v) is 16.0. The number of hydrogen-bond donors (Lipinski definition) is 1. The van der Waals surface area contributed by atoms with Crippen molar-refractivity contribution in [2.45, 2.75) is 58.6 Å². The summed E-state index contributed by atoms with van der Waals surface area (Å²) >= 11 is 0. The van der Waals surface area contributed by atoms with Crippen molar-refractivity contribution in [3.05, 3.63) is 106 Å². The molecular formula is C37H42FN5O3. The van der Waals surface area contributed by atoms with Crippen molar-refractivity contribution in [1.82, 2.24) is 25.1 Å². The van der Waals surface area contributed by atoms with Crippen LogP contribution in [-0.4, -0.2) is 70.6 Å². The third kappa shape index (κ3) is 6.89. The molecular weight excluding hydrogens is 581 g/mol. The van der Waals surface area contributed by atoms with Crippen molar-refractivity contribution in [2.75, 3.05) is 33.2 Å². The highest BCUT2D eigenvalue weighted by molar-refractivity contribution is 5.92. The summed E-state index contributed by atoms with van der Waals surface area (Å²) in [5.74, 6) is -0.0395. The number of hydrogen-bond acceptors (Lipinski definition) is 6. The third-order valence-electron chi connectivity index (χ3n) is 8.96. The number of ether oxygens (including phenoxy) is 1. The molecule has 1 saturated heterocycles. The van der Waals surface area contributed by atoms with Crippen molar-refractivity contribution < 1.29 is 18.7 Å². The SMILES string of the molecule is C[C@@H](NC(=O)c1ccnc(C2=CCN(C(=O)OC(C)(C)C)CC2)n1)c1ccc(C(=C2CC3(C2)CN(C)C3)c2ccc(F)cc2)cc1. The average molecular weight is 624 g/mol. The van der Waals surface area contributed by atoms with Crippen molar-refractivity contribution in [3.63, 3.8) is 0 Å². The molecule has 1 aromatic heterocycles. The van der Waals surface area contributed by atoms with Crippen molar-refractivity contribution >= 4 is 23.1 Å². The molecule has 240 valence electrons. The monoisotopic (exact) mass is 623 g/mol. The van der Waals surface area contributed by atoms with Crippen LogP contribution in [0.25, 0.3) is 11.1 Å². The first-order valence-electron chi connectivity index (χ1n) is 16.0. The van der Waals surface area contributed by atoms with Gasteiger partial charge in [-0.2, -0.15) is 0 Å². The second-order valence-corrected chi connectivity index (χ2v) is 14.0. The minimum atomic E-state index is -0.553. The van der Waals surface area contributed by atoms with Gasteiger partial charge in [-0.1, -0.05) is 48.0 Å². The first kappa shape index (κ1) is 31.6. The number of nitrogens with one attached hydrogen (secondary N) is 1. The molecule has 46 heavy (non-hydrogen) atoms. The zero-order valence-electron chi connectivity index (χ0n) is 27.3. The fourth-order valence-electron chi connectivity index (χ4n) is 6.84. The molecule has 8 nitrogen and oxygen atoms in total. The molecule has 1 saturated carbocycles. The zero-order chi connectivity index (χ0) is 32.6. The zero-order valence-corrected chi connectivity index (χ0v) is 27.3. The average Bonchev–Trinajstić information content (AvgIpc) is 2.99. The lowest BCUT2D eigenvalue weighted by atomic mass is 9.59. The molecule has 0 unspecified atom stereocenters. The topological polar surface area (TPSA) is 87.7 Å². The van der Waals surface area contributed by atoms with Gasteiger partial charge in [0.2, 0.25) is 0 Å².